The Kier molecular flexibility index (Phi) is 2.21. The quantitative estimate of drug-likeness (QED) is 0.644. The van der Waals surface area contributed by atoms with Crippen LogP contribution in [0.3, 0.4) is 0 Å². The van der Waals surface area contributed by atoms with Crippen LogP contribution >= 0.6 is 0 Å². The number of rotatable bonds is 1. The van der Waals surface area contributed by atoms with Crippen LogP contribution in [0, 0.1) is 0 Å². The first-order valence-electron chi connectivity index (χ1n) is 5.51. The Balaban J connectivity index is 2.09. The fourth-order valence-corrected chi connectivity index (χ4v) is 2.30. The fraction of sp³-hybridized carbons (Fsp3) is 0.500. The molecule has 1 fully saturated rings. The van der Waals surface area contributed by atoms with E-state index in [4.69, 9.17) is 5.73 Å². The topological polar surface area (TPSA) is 92.5 Å². The van der Waals surface area contributed by atoms with Crippen LogP contribution in [-0.4, -0.2) is 33.3 Å². The molecule has 3 heterocycles. The Bertz CT molecular complexity index is 499. The van der Waals surface area contributed by atoms with E-state index in [1.807, 2.05) is 0 Å². The van der Waals surface area contributed by atoms with Crippen molar-refractivity contribution in [2.75, 3.05) is 18.8 Å². The molecular weight excluding hydrogens is 204 g/mol. The number of nitrogens with zero attached hydrogens (tertiary/aromatic N) is 3. The zero-order chi connectivity index (χ0) is 11.0. The van der Waals surface area contributed by atoms with Gasteiger partial charge in [0.2, 0.25) is 0 Å². The fourth-order valence-electron chi connectivity index (χ4n) is 2.30. The number of fused-ring (bicyclic) bond motifs is 1. The highest BCUT2D eigenvalue weighted by Crippen LogP contribution is 2.29. The number of piperidine rings is 1. The lowest BCUT2D eigenvalue weighted by atomic mass is 9.94. The second-order valence-corrected chi connectivity index (χ2v) is 4.14. The molecular formula is C10H14N6. The Morgan fingerprint density at radius 1 is 1.38 bits per heavy atom. The molecule has 1 aliphatic rings. The minimum Gasteiger partial charge on any atom is -0.383 e. The number of nitrogen functional groups attached to an aromatic ring is 1. The molecule has 0 aliphatic carbocycles. The van der Waals surface area contributed by atoms with Gasteiger partial charge >= 0.3 is 0 Å². The zero-order valence-electron chi connectivity index (χ0n) is 8.90. The third-order valence-electron chi connectivity index (χ3n) is 3.11. The van der Waals surface area contributed by atoms with Gasteiger partial charge < -0.3 is 11.1 Å². The first kappa shape index (κ1) is 9.53. The second kappa shape index (κ2) is 3.71. The average Bonchev–Trinajstić information content (AvgIpc) is 2.75. The number of hydrogen-bond acceptors (Lipinski definition) is 5. The predicted octanol–water partition coefficient (Wildman–Crippen LogP) is 0.402. The summed E-state index contributed by atoms with van der Waals surface area (Å²) in [6.07, 6.45) is 3.78. The van der Waals surface area contributed by atoms with E-state index in [0.717, 1.165) is 30.6 Å². The number of nitrogens with two attached hydrogens (primary N) is 1. The Labute approximate surface area is 92.7 Å². The molecule has 6 nitrogen and oxygen atoms in total. The molecule has 2 aromatic rings. The molecule has 0 bridgehead atoms. The highest BCUT2D eigenvalue weighted by molar-refractivity contribution is 5.88. The van der Waals surface area contributed by atoms with Gasteiger partial charge in [-0.2, -0.15) is 5.10 Å². The molecule has 1 aliphatic heterocycles. The van der Waals surface area contributed by atoms with E-state index < -0.39 is 0 Å². The second-order valence-electron chi connectivity index (χ2n) is 4.14. The molecule has 1 unspecified atom stereocenters. The predicted molar refractivity (Wildman–Crippen MR) is 60.9 cm³/mol. The maximum absolute atomic E-state index is 5.88. The van der Waals surface area contributed by atoms with Crippen molar-refractivity contribution in [2.24, 2.45) is 0 Å². The van der Waals surface area contributed by atoms with Crippen molar-refractivity contribution in [1.82, 2.24) is 25.5 Å². The monoisotopic (exact) mass is 218 g/mol. The minimum absolute atomic E-state index is 0.437. The summed E-state index contributed by atoms with van der Waals surface area (Å²) in [6, 6.07) is 0. The van der Waals surface area contributed by atoms with Crippen molar-refractivity contribution in [1.29, 1.82) is 0 Å². The van der Waals surface area contributed by atoms with E-state index in [2.05, 4.69) is 25.5 Å². The van der Waals surface area contributed by atoms with Crippen LogP contribution < -0.4 is 11.1 Å². The summed E-state index contributed by atoms with van der Waals surface area (Å²) in [4.78, 5) is 8.12. The lowest BCUT2D eigenvalue weighted by molar-refractivity contribution is 0.456. The normalized spacial score (nSPS) is 21.4. The lowest BCUT2D eigenvalue weighted by Gasteiger charge is -2.21. The lowest BCUT2D eigenvalue weighted by Crippen LogP contribution is -2.28. The molecule has 0 aromatic carbocycles. The molecule has 1 atom stereocenters. The van der Waals surface area contributed by atoms with Gasteiger partial charge in [0, 0.05) is 12.5 Å². The van der Waals surface area contributed by atoms with Crippen LogP contribution in [0.25, 0.3) is 11.0 Å². The van der Waals surface area contributed by atoms with Gasteiger partial charge in [-0.15, -0.1) is 0 Å². The van der Waals surface area contributed by atoms with E-state index in [9.17, 15) is 0 Å². The van der Waals surface area contributed by atoms with Crippen LogP contribution in [0.1, 0.15) is 24.5 Å². The summed E-state index contributed by atoms with van der Waals surface area (Å²) in [5.74, 6) is 0.950. The maximum atomic E-state index is 5.88. The van der Waals surface area contributed by atoms with Gasteiger partial charge in [0.05, 0.1) is 11.1 Å². The first-order chi connectivity index (χ1) is 7.86. The molecule has 0 radical (unpaired) electrons. The summed E-state index contributed by atoms with van der Waals surface area (Å²) in [6.45, 7) is 2.06. The maximum Gasteiger partial charge on any atom is 0.186 e. The molecule has 16 heavy (non-hydrogen) atoms. The molecule has 0 saturated carbocycles. The summed E-state index contributed by atoms with van der Waals surface area (Å²) in [5.41, 5.74) is 7.61. The molecule has 3 rings (SSSR count). The van der Waals surface area contributed by atoms with Crippen molar-refractivity contribution in [3.63, 3.8) is 0 Å². The van der Waals surface area contributed by atoms with Crippen LogP contribution in [0.15, 0.2) is 6.33 Å². The first-order valence-corrected chi connectivity index (χ1v) is 5.51. The summed E-state index contributed by atoms with van der Waals surface area (Å²) >= 11 is 0. The van der Waals surface area contributed by atoms with Crippen LogP contribution in [0.4, 0.5) is 5.82 Å². The standard InChI is InChI=1S/C10H14N6/c11-9-7-8(6-2-1-3-12-4-6)15-16-10(7)14-5-13-9/h5-6,12H,1-4H2,(H3,11,13,14,15,16). The third-order valence-corrected chi connectivity index (χ3v) is 3.11. The number of nitrogens with one attached hydrogen (secondary N) is 2. The van der Waals surface area contributed by atoms with Gasteiger partial charge in [-0.1, -0.05) is 0 Å². The Hall–Kier alpha value is -1.69. The third kappa shape index (κ3) is 1.42. The molecule has 2 aromatic heterocycles. The number of H-pyrrole nitrogens is 1. The van der Waals surface area contributed by atoms with E-state index in [-0.39, 0.29) is 0 Å². The minimum atomic E-state index is 0.437. The Morgan fingerprint density at radius 3 is 3.12 bits per heavy atom. The van der Waals surface area contributed by atoms with Crippen LogP contribution in [0.5, 0.6) is 0 Å². The average molecular weight is 218 g/mol. The SMILES string of the molecule is Nc1ncnc2n[nH]c(C3CCCNC3)c12. The molecule has 4 N–H and O–H groups in total. The molecule has 1 saturated heterocycles. The van der Waals surface area contributed by atoms with E-state index in [1.165, 1.54) is 12.7 Å². The van der Waals surface area contributed by atoms with Gasteiger partial charge in [0.1, 0.15) is 12.1 Å². The smallest absolute Gasteiger partial charge is 0.186 e. The number of anilines is 1. The van der Waals surface area contributed by atoms with Gasteiger partial charge in [-0.3, -0.25) is 5.10 Å². The number of hydrogen-bond donors (Lipinski definition) is 3. The molecule has 6 heteroatoms. The molecule has 0 spiro atoms. The van der Waals surface area contributed by atoms with Crippen LogP contribution in [-0.2, 0) is 0 Å². The van der Waals surface area contributed by atoms with Crippen molar-refractivity contribution in [3.8, 4) is 0 Å². The highest BCUT2D eigenvalue weighted by atomic mass is 15.2. The van der Waals surface area contributed by atoms with Gasteiger partial charge in [-0.05, 0) is 19.4 Å². The Morgan fingerprint density at radius 2 is 2.31 bits per heavy atom. The van der Waals surface area contributed by atoms with Crippen molar-refractivity contribution >= 4 is 16.9 Å². The summed E-state index contributed by atoms with van der Waals surface area (Å²) < 4.78 is 0. The molecule has 0 amide bonds. The summed E-state index contributed by atoms with van der Waals surface area (Å²) in [5, 5.41) is 11.5. The van der Waals surface area contributed by atoms with E-state index in [0.29, 0.717) is 17.4 Å². The zero-order valence-corrected chi connectivity index (χ0v) is 8.90. The number of aromatic nitrogens is 4. The van der Waals surface area contributed by atoms with Crippen molar-refractivity contribution < 1.29 is 0 Å². The number of aromatic amines is 1. The van der Waals surface area contributed by atoms with Crippen molar-refractivity contribution in [3.05, 3.63) is 12.0 Å². The molecule has 84 valence electrons. The van der Waals surface area contributed by atoms with Crippen molar-refractivity contribution in [2.45, 2.75) is 18.8 Å². The van der Waals surface area contributed by atoms with E-state index >= 15 is 0 Å². The largest absolute Gasteiger partial charge is 0.383 e. The van der Waals surface area contributed by atoms with Gasteiger partial charge in [-0.25, -0.2) is 9.97 Å². The van der Waals surface area contributed by atoms with E-state index in [1.54, 1.807) is 0 Å². The van der Waals surface area contributed by atoms with Gasteiger partial charge in [0.25, 0.3) is 0 Å². The van der Waals surface area contributed by atoms with Gasteiger partial charge in [0.15, 0.2) is 5.65 Å². The summed E-state index contributed by atoms with van der Waals surface area (Å²) in [7, 11) is 0. The highest BCUT2D eigenvalue weighted by Gasteiger charge is 2.21. The van der Waals surface area contributed by atoms with Crippen LogP contribution in [0.2, 0.25) is 0 Å².